The number of aliphatic hydroxyl groups excluding tert-OH is 1. The lowest BCUT2D eigenvalue weighted by atomic mass is 9.71. The molecule has 28 heavy (non-hydrogen) atoms. The van der Waals surface area contributed by atoms with E-state index in [4.69, 9.17) is 0 Å². The highest BCUT2D eigenvalue weighted by molar-refractivity contribution is 5.89. The van der Waals surface area contributed by atoms with Crippen LogP contribution >= 0.6 is 0 Å². The number of aliphatic hydroxyl groups is 1. The Morgan fingerprint density at radius 1 is 1.32 bits per heavy atom. The number of benzene rings is 1. The second-order valence-electron chi connectivity index (χ2n) is 7.73. The van der Waals surface area contributed by atoms with Gasteiger partial charge in [-0.15, -0.1) is 0 Å². The second kappa shape index (κ2) is 7.01. The smallest absolute Gasteiger partial charge is 0.274 e. The Morgan fingerprint density at radius 3 is 2.82 bits per heavy atom. The van der Waals surface area contributed by atoms with Crippen molar-refractivity contribution >= 4 is 22.6 Å². The lowest BCUT2D eigenvalue weighted by molar-refractivity contribution is -0.154. The first kappa shape index (κ1) is 18.6. The molecule has 2 fully saturated rings. The van der Waals surface area contributed by atoms with Crippen LogP contribution in [-0.2, 0) is 23.1 Å². The summed E-state index contributed by atoms with van der Waals surface area (Å²) in [6.07, 6.45) is 1.04. The number of rotatable bonds is 2. The summed E-state index contributed by atoms with van der Waals surface area (Å²) in [6, 6.07) is 7.12. The van der Waals surface area contributed by atoms with Gasteiger partial charge in [-0.1, -0.05) is 18.2 Å². The Labute approximate surface area is 162 Å². The second-order valence-corrected chi connectivity index (χ2v) is 7.73. The normalized spacial score (nSPS) is 25.1. The number of piperidine rings is 2. The molecule has 2 amide bonds. The Kier molecular flexibility index (Phi) is 4.66. The third-order valence-electron chi connectivity index (χ3n) is 6.03. The van der Waals surface area contributed by atoms with Gasteiger partial charge < -0.3 is 15.3 Å². The zero-order valence-electron chi connectivity index (χ0n) is 15.9. The zero-order valence-corrected chi connectivity index (χ0v) is 15.9. The minimum atomic E-state index is -0.925. The molecule has 2 N–H and O–H groups in total. The Balaban J connectivity index is 1.61. The minimum Gasteiger partial charge on any atom is -0.392 e. The van der Waals surface area contributed by atoms with Crippen LogP contribution < -0.4 is 10.9 Å². The first-order chi connectivity index (χ1) is 13.4. The summed E-state index contributed by atoms with van der Waals surface area (Å²) in [6.45, 7) is 1.22. The van der Waals surface area contributed by atoms with E-state index < -0.39 is 11.5 Å². The monoisotopic (exact) mass is 384 g/mol. The maximum atomic E-state index is 13.0. The van der Waals surface area contributed by atoms with Crippen molar-refractivity contribution in [3.8, 4) is 0 Å². The third-order valence-corrected chi connectivity index (χ3v) is 6.03. The summed E-state index contributed by atoms with van der Waals surface area (Å²) in [5, 5.41) is 18.8. The lowest BCUT2D eigenvalue weighted by Gasteiger charge is -2.46. The van der Waals surface area contributed by atoms with E-state index in [0.717, 1.165) is 6.42 Å². The van der Waals surface area contributed by atoms with Crippen molar-refractivity contribution in [3.63, 3.8) is 0 Å². The molecule has 0 saturated carbocycles. The van der Waals surface area contributed by atoms with Crippen molar-refractivity contribution in [3.05, 3.63) is 40.3 Å². The van der Waals surface area contributed by atoms with Gasteiger partial charge in [0.25, 0.3) is 5.56 Å². The van der Waals surface area contributed by atoms with Crippen molar-refractivity contribution in [2.24, 2.45) is 12.5 Å². The SMILES string of the molecule is Cn1nc(CC(=O)N2CC[C@H](O)[C@@]3(CCCNC3=O)C2)c2ccccc2c1=O. The van der Waals surface area contributed by atoms with Crippen LogP contribution in [0.25, 0.3) is 10.8 Å². The number of carbonyl (C=O) groups is 2. The predicted molar refractivity (Wildman–Crippen MR) is 103 cm³/mol. The van der Waals surface area contributed by atoms with Gasteiger partial charge in [-0.3, -0.25) is 14.4 Å². The minimum absolute atomic E-state index is 0.0441. The van der Waals surface area contributed by atoms with Crippen LogP contribution in [0.4, 0.5) is 0 Å². The average Bonchev–Trinajstić information content (AvgIpc) is 2.70. The van der Waals surface area contributed by atoms with E-state index in [1.54, 1.807) is 30.1 Å². The van der Waals surface area contributed by atoms with E-state index in [-0.39, 0.29) is 30.3 Å². The highest BCUT2D eigenvalue weighted by Crippen LogP contribution is 2.37. The molecule has 2 atom stereocenters. The number of nitrogens with zero attached hydrogens (tertiary/aromatic N) is 3. The van der Waals surface area contributed by atoms with Gasteiger partial charge in [0, 0.05) is 32.1 Å². The number of hydrogen-bond acceptors (Lipinski definition) is 5. The predicted octanol–water partition coefficient (Wildman–Crippen LogP) is -0.0344. The first-order valence-electron chi connectivity index (χ1n) is 9.61. The molecule has 2 aromatic rings. The molecule has 0 unspecified atom stereocenters. The zero-order chi connectivity index (χ0) is 19.9. The number of likely N-dealkylation sites (tertiary alicyclic amines) is 1. The van der Waals surface area contributed by atoms with E-state index >= 15 is 0 Å². The van der Waals surface area contributed by atoms with E-state index in [1.165, 1.54) is 4.68 Å². The number of fused-ring (bicyclic) bond motifs is 1. The third kappa shape index (κ3) is 2.97. The van der Waals surface area contributed by atoms with Gasteiger partial charge in [-0.25, -0.2) is 4.68 Å². The van der Waals surface area contributed by atoms with Gasteiger partial charge in [0.1, 0.15) is 0 Å². The summed E-state index contributed by atoms with van der Waals surface area (Å²) in [7, 11) is 1.57. The number of nitrogens with one attached hydrogen (secondary N) is 1. The van der Waals surface area contributed by atoms with Crippen LogP contribution in [0.3, 0.4) is 0 Å². The van der Waals surface area contributed by atoms with Gasteiger partial charge in [0.15, 0.2) is 0 Å². The molecular formula is C20H24N4O4. The average molecular weight is 384 g/mol. The molecule has 2 saturated heterocycles. The largest absolute Gasteiger partial charge is 0.392 e. The maximum absolute atomic E-state index is 13.0. The molecule has 0 radical (unpaired) electrons. The molecule has 4 rings (SSSR count). The Morgan fingerprint density at radius 2 is 2.07 bits per heavy atom. The van der Waals surface area contributed by atoms with Crippen LogP contribution in [-0.4, -0.2) is 57.3 Å². The van der Waals surface area contributed by atoms with Gasteiger partial charge >= 0.3 is 0 Å². The van der Waals surface area contributed by atoms with Crippen molar-refractivity contribution in [2.75, 3.05) is 19.6 Å². The number of amides is 2. The fourth-order valence-corrected chi connectivity index (χ4v) is 4.42. The van der Waals surface area contributed by atoms with Crippen LogP contribution in [0.1, 0.15) is 25.0 Å². The molecule has 148 valence electrons. The fraction of sp³-hybridized carbons (Fsp3) is 0.500. The fourth-order valence-electron chi connectivity index (χ4n) is 4.42. The molecule has 8 nitrogen and oxygen atoms in total. The number of aryl methyl sites for hydroxylation is 1. The summed E-state index contributed by atoms with van der Waals surface area (Å²) in [4.78, 5) is 39.5. The molecular weight excluding hydrogens is 360 g/mol. The maximum Gasteiger partial charge on any atom is 0.274 e. The van der Waals surface area contributed by atoms with Crippen molar-refractivity contribution < 1.29 is 14.7 Å². The van der Waals surface area contributed by atoms with Crippen molar-refractivity contribution in [1.29, 1.82) is 0 Å². The topological polar surface area (TPSA) is 105 Å². The van der Waals surface area contributed by atoms with Crippen molar-refractivity contribution in [1.82, 2.24) is 20.0 Å². The summed E-state index contributed by atoms with van der Waals surface area (Å²) >= 11 is 0. The number of aromatic nitrogens is 2. The molecule has 3 heterocycles. The van der Waals surface area contributed by atoms with Crippen LogP contribution in [0.2, 0.25) is 0 Å². The first-order valence-corrected chi connectivity index (χ1v) is 9.61. The van der Waals surface area contributed by atoms with Gasteiger partial charge in [0.2, 0.25) is 11.8 Å². The molecule has 1 aromatic carbocycles. The van der Waals surface area contributed by atoms with E-state index in [0.29, 0.717) is 42.4 Å². The van der Waals surface area contributed by atoms with Crippen LogP contribution in [0, 0.1) is 5.41 Å². The molecule has 1 spiro atoms. The molecule has 0 bridgehead atoms. The van der Waals surface area contributed by atoms with E-state index in [1.807, 2.05) is 6.07 Å². The van der Waals surface area contributed by atoms with Crippen LogP contribution in [0.15, 0.2) is 29.1 Å². The van der Waals surface area contributed by atoms with Gasteiger partial charge in [0.05, 0.1) is 29.0 Å². The standard InChI is InChI=1S/C20H24N4O4/c1-23-18(27)14-6-3-2-5-13(14)15(22-23)11-17(26)24-10-7-16(25)20(12-24)8-4-9-21-19(20)28/h2-3,5-6,16,25H,4,7-12H2,1H3,(H,21,28)/t16-,20+/m0/s1. The molecule has 0 aliphatic carbocycles. The number of carbonyl (C=O) groups excluding carboxylic acids is 2. The molecule has 2 aliphatic heterocycles. The Hall–Kier alpha value is -2.74. The molecule has 2 aliphatic rings. The van der Waals surface area contributed by atoms with Gasteiger partial charge in [-0.2, -0.15) is 5.10 Å². The highest BCUT2D eigenvalue weighted by Gasteiger charge is 2.50. The van der Waals surface area contributed by atoms with Crippen LogP contribution in [0.5, 0.6) is 0 Å². The summed E-state index contributed by atoms with van der Waals surface area (Å²) in [5.74, 6) is -0.324. The van der Waals surface area contributed by atoms with E-state index in [9.17, 15) is 19.5 Å². The molecule has 8 heteroatoms. The summed E-state index contributed by atoms with van der Waals surface area (Å²) < 4.78 is 1.25. The van der Waals surface area contributed by atoms with E-state index in [2.05, 4.69) is 10.4 Å². The quantitative estimate of drug-likeness (QED) is 0.756. The number of hydrogen-bond donors (Lipinski definition) is 2. The molecule has 1 aromatic heterocycles. The highest BCUT2D eigenvalue weighted by atomic mass is 16.3. The van der Waals surface area contributed by atoms with Gasteiger partial charge in [-0.05, 0) is 25.3 Å². The summed E-state index contributed by atoms with van der Waals surface area (Å²) in [5.41, 5.74) is -0.590. The van der Waals surface area contributed by atoms with Crippen molar-refractivity contribution in [2.45, 2.75) is 31.8 Å². The lowest BCUT2D eigenvalue weighted by Crippen LogP contribution is -2.62. The Bertz CT molecular complexity index is 1000.